The summed E-state index contributed by atoms with van der Waals surface area (Å²) in [6.45, 7) is 0.485. The van der Waals surface area contributed by atoms with E-state index in [-0.39, 0.29) is 6.54 Å². The Morgan fingerprint density at radius 1 is 1.58 bits per heavy atom. The van der Waals surface area contributed by atoms with Gasteiger partial charge in [-0.25, -0.2) is 8.78 Å². The van der Waals surface area contributed by atoms with Crippen molar-refractivity contribution >= 4 is 5.97 Å². The zero-order chi connectivity index (χ0) is 9.14. The van der Waals surface area contributed by atoms with Crippen LogP contribution in [-0.4, -0.2) is 32.6 Å². The van der Waals surface area contributed by atoms with Crippen LogP contribution >= 0.6 is 0 Å². The van der Waals surface area contributed by atoms with E-state index >= 15 is 0 Å². The van der Waals surface area contributed by atoms with Gasteiger partial charge in [0.2, 0.25) is 6.43 Å². The number of carbonyl (C=O) groups is 1. The molecular formula is C7H11F2NO2. The third-order valence-corrected chi connectivity index (χ3v) is 2.09. The Bertz CT molecular complexity index is 175. The average molecular weight is 179 g/mol. The minimum absolute atomic E-state index is 0.192. The summed E-state index contributed by atoms with van der Waals surface area (Å²) in [5.41, 5.74) is 0. The van der Waals surface area contributed by atoms with E-state index < -0.39 is 24.2 Å². The van der Waals surface area contributed by atoms with Gasteiger partial charge in [-0.2, -0.15) is 0 Å². The first-order chi connectivity index (χ1) is 5.66. The fourth-order valence-electron chi connectivity index (χ4n) is 1.37. The number of hydrogen-bond donors (Lipinski definition) is 1. The Hall–Kier alpha value is -0.710. The molecule has 1 rings (SSSR count). The van der Waals surface area contributed by atoms with E-state index in [0.717, 1.165) is 0 Å². The van der Waals surface area contributed by atoms with Gasteiger partial charge in [0.25, 0.3) is 0 Å². The highest BCUT2D eigenvalue weighted by atomic mass is 19.3. The average Bonchev–Trinajstić information content (AvgIpc) is 2.50. The highest BCUT2D eigenvalue weighted by Crippen LogP contribution is 2.24. The van der Waals surface area contributed by atoms with Crippen LogP contribution in [0.4, 0.5) is 8.78 Å². The lowest BCUT2D eigenvalue weighted by atomic mass is 9.97. The molecule has 1 heterocycles. The number of ether oxygens (including phenoxy) is 1. The summed E-state index contributed by atoms with van der Waals surface area (Å²) in [5.74, 6) is -2.13. The van der Waals surface area contributed by atoms with Crippen LogP contribution in [0.15, 0.2) is 0 Å². The van der Waals surface area contributed by atoms with E-state index in [9.17, 15) is 13.6 Å². The van der Waals surface area contributed by atoms with Crippen LogP contribution in [-0.2, 0) is 9.53 Å². The number of nitrogens with one attached hydrogen (secondary N) is 1. The lowest BCUT2D eigenvalue weighted by Gasteiger charge is -2.14. The van der Waals surface area contributed by atoms with Crippen molar-refractivity contribution in [3.63, 3.8) is 0 Å². The molecule has 2 atom stereocenters. The maximum absolute atomic E-state index is 12.2. The first kappa shape index (κ1) is 9.38. The van der Waals surface area contributed by atoms with E-state index in [1.165, 1.54) is 7.11 Å². The standard InChI is InChI=1S/C7H11F2NO2/c1-12-7(11)5-3-10-2-4(5)6(8)9/h4-6,10H,2-3H2,1H3/t4-,5-/m0/s1. The zero-order valence-corrected chi connectivity index (χ0v) is 6.72. The van der Waals surface area contributed by atoms with E-state index in [2.05, 4.69) is 10.1 Å². The van der Waals surface area contributed by atoms with Crippen molar-refractivity contribution in [1.82, 2.24) is 5.32 Å². The van der Waals surface area contributed by atoms with Crippen LogP contribution in [0.25, 0.3) is 0 Å². The topological polar surface area (TPSA) is 38.3 Å². The van der Waals surface area contributed by atoms with Crippen molar-refractivity contribution < 1.29 is 18.3 Å². The largest absolute Gasteiger partial charge is 0.469 e. The molecule has 0 aromatic carbocycles. The lowest BCUT2D eigenvalue weighted by molar-refractivity contribution is -0.148. The van der Waals surface area contributed by atoms with Crippen molar-refractivity contribution in [2.75, 3.05) is 20.2 Å². The van der Waals surface area contributed by atoms with Gasteiger partial charge in [-0.1, -0.05) is 0 Å². The molecule has 0 aromatic rings. The molecule has 0 aliphatic carbocycles. The summed E-state index contributed by atoms with van der Waals surface area (Å²) in [6, 6.07) is 0. The van der Waals surface area contributed by atoms with Crippen LogP contribution in [0.3, 0.4) is 0 Å². The molecule has 1 saturated heterocycles. The van der Waals surface area contributed by atoms with Crippen molar-refractivity contribution in [3.8, 4) is 0 Å². The first-order valence-corrected chi connectivity index (χ1v) is 3.73. The Kier molecular flexibility index (Phi) is 2.97. The van der Waals surface area contributed by atoms with Crippen molar-refractivity contribution in [2.45, 2.75) is 6.43 Å². The maximum Gasteiger partial charge on any atom is 0.310 e. The molecule has 0 saturated carbocycles. The van der Waals surface area contributed by atoms with Gasteiger partial charge in [0.1, 0.15) is 0 Å². The van der Waals surface area contributed by atoms with Crippen LogP contribution in [0.5, 0.6) is 0 Å². The molecule has 1 aliphatic rings. The molecular weight excluding hydrogens is 168 g/mol. The minimum Gasteiger partial charge on any atom is -0.469 e. The van der Waals surface area contributed by atoms with E-state index in [1.54, 1.807) is 0 Å². The summed E-state index contributed by atoms with van der Waals surface area (Å²) < 4.78 is 28.9. The molecule has 1 fully saturated rings. The molecule has 3 nitrogen and oxygen atoms in total. The van der Waals surface area contributed by atoms with E-state index in [1.807, 2.05) is 0 Å². The number of esters is 1. The number of rotatable bonds is 2. The molecule has 1 N–H and O–H groups in total. The predicted octanol–water partition coefficient (Wildman–Crippen LogP) is 0.260. The molecule has 0 spiro atoms. The summed E-state index contributed by atoms with van der Waals surface area (Å²) >= 11 is 0. The fourth-order valence-corrected chi connectivity index (χ4v) is 1.37. The van der Waals surface area contributed by atoms with Gasteiger partial charge in [0, 0.05) is 19.0 Å². The number of hydrogen-bond acceptors (Lipinski definition) is 3. The lowest BCUT2D eigenvalue weighted by Crippen LogP contribution is -2.28. The third kappa shape index (κ3) is 1.72. The first-order valence-electron chi connectivity index (χ1n) is 3.73. The van der Waals surface area contributed by atoms with E-state index in [4.69, 9.17) is 0 Å². The number of carbonyl (C=O) groups excluding carboxylic acids is 1. The van der Waals surface area contributed by atoms with Gasteiger partial charge in [0.05, 0.1) is 13.0 Å². The Labute approximate surface area is 69.1 Å². The molecule has 70 valence electrons. The molecule has 0 unspecified atom stereocenters. The monoisotopic (exact) mass is 179 g/mol. The maximum atomic E-state index is 12.2. The Morgan fingerprint density at radius 3 is 2.75 bits per heavy atom. The summed E-state index contributed by atoms with van der Waals surface area (Å²) in [4.78, 5) is 10.9. The summed E-state index contributed by atoms with van der Waals surface area (Å²) in [7, 11) is 1.21. The molecule has 5 heteroatoms. The number of halogens is 2. The highest BCUT2D eigenvalue weighted by molar-refractivity contribution is 5.73. The third-order valence-electron chi connectivity index (χ3n) is 2.09. The van der Waals surface area contributed by atoms with Crippen molar-refractivity contribution in [1.29, 1.82) is 0 Å². The fraction of sp³-hybridized carbons (Fsp3) is 0.857. The molecule has 12 heavy (non-hydrogen) atoms. The van der Waals surface area contributed by atoms with Gasteiger partial charge in [0.15, 0.2) is 0 Å². The Morgan fingerprint density at radius 2 is 2.25 bits per heavy atom. The smallest absolute Gasteiger partial charge is 0.310 e. The minimum atomic E-state index is -2.45. The normalized spacial score (nSPS) is 29.3. The van der Waals surface area contributed by atoms with Crippen molar-refractivity contribution in [2.24, 2.45) is 11.8 Å². The quantitative estimate of drug-likeness (QED) is 0.618. The van der Waals surface area contributed by atoms with Gasteiger partial charge in [-0.15, -0.1) is 0 Å². The van der Waals surface area contributed by atoms with Crippen LogP contribution in [0.1, 0.15) is 0 Å². The van der Waals surface area contributed by atoms with Gasteiger partial charge in [-0.3, -0.25) is 4.79 Å². The molecule has 0 radical (unpaired) electrons. The SMILES string of the molecule is COC(=O)[C@H]1CNC[C@@H]1C(F)F. The van der Waals surface area contributed by atoms with Crippen LogP contribution < -0.4 is 5.32 Å². The summed E-state index contributed by atoms with van der Waals surface area (Å²) in [5, 5.41) is 2.74. The summed E-state index contributed by atoms with van der Waals surface area (Å²) in [6.07, 6.45) is -2.45. The van der Waals surface area contributed by atoms with Crippen LogP contribution in [0, 0.1) is 11.8 Å². The van der Waals surface area contributed by atoms with Gasteiger partial charge < -0.3 is 10.1 Å². The molecule has 1 aliphatic heterocycles. The number of methoxy groups -OCH3 is 1. The molecule has 0 bridgehead atoms. The second kappa shape index (κ2) is 3.80. The second-order valence-electron chi connectivity index (χ2n) is 2.79. The predicted molar refractivity (Wildman–Crippen MR) is 37.9 cm³/mol. The van der Waals surface area contributed by atoms with Gasteiger partial charge in [-0.05, 0) is 0 Å². The van der Waals surface area contributed by atoms with Crippen LogP contribution in [0.2, 0.25) is 0 Å². The van der Waals surface area contributed by atoms with Gasteiger partial charge >= 0.3 is 5.97 Å². The van der Waals surface area contributed by atoms with E-state index in [0.29, 0.717) is 6.54 Å². The Balaban J connectivity index is 2.57. The second-order valence-corrected chi connectivity index (χ2v) is 2.79. The zero-order valence-electron chi connectivity index (χ0n) is 6.72. The van der Waals surface area contributed by atoms with Crippen molar-refractivity contribution in [3.05, 3.63) is 0 Å². The highest BCUT2D eigenvalue weighted by Gasteiger charge is 2.39. The molecule has 0 amide bonds. The molecule has 0 aromatic heterocycles. The number of alkyl halides is 2.